The van der Waals surface area contributed by atoms with Crippen molar-refractivity contribution in [3.63, 3.8) is 0 Å². The molecule has 2 rings (SSSR count). The highest BCUT2D eigenvalue weighted by atomic mass is 31.2. The molecular weight excluding hydrogens is 309 g/mol. The van der Waals surface area contributed by atoms with Gasteiger partial charge >= 0.3 is 13.3 Å². The summed E-state index contributed by atoms with van der Waals surface area (Å²) in [6.07, 6.45) is -4.94. The largest absolute Gasteiger partial charge is 0.394 e. The Kier molecular flexibility index (Phi) is 4.17. The molecule has 0 radical (unpaired) electrons. The van der Waals surface area contributed by atoms with Crippen molar-refractivity contribution >= 4 is 18.7 Å². The van der Waals surface area contributed by atoms with E-state index in [1.807, 2.05) is 0 Å². The van der Waals surface area contributed by atoms with Gasteiger partial charge in [0, 0.05) is 6.20 Å². The van der Waals surface area contributed by atoms with Crippen molar-refractivity contribution in [2.45, 2.75) is 24.5 Å². The van der Waals surface area contributed by atoms with Crippen molar-refractivity contribution in [3.05, 3.63) is 16.7 Å². The second-order valence-electron chi connectivity index (χ2n) is 4.47. The number of ether oxygens (including phenoxy) is 1. The number of aliphatic hydroxyl groups excluding tert-OH is 3. The van der Waals surface area contributed by atoms with Gasteiger partial charge in [0.1, 0.15) is 29.4 Å². The number of nitrogen functional groups attached to an aromatic ring is 1. The van der Waals surface area contributed by atoms with Gasteiger partial charge in [-0.1, -0.05) is 0 Å². The van der Waals surface area contributed by atoms with Gasteiger partial charge in [0.25, 0.3) is 0 Å². The summed E-state index contributed by atoms with van der Waals surface area (Å²) >= 11 is 0. The molecule has 118 valence electrons. The van der Waals surface area contributed by atoms with Crippen molar-refractivity contribution in [2.24, 2.45) is 0 Å². The quantitative estimate of drug-likeness (QED) is 0.301. The second kappa shape index (κ2) is 5.46. The normalized spacial score (nSPS) is 29.8. The first-order valence-electron chi connectivity index (χ1n) is 5.74. The van der Waals surface area contributed by atoms with Crippen LogP contribution in [-0.2, 0) is 9.30 Å². The zero-order chi connectivity index (χ0) is 15.9. The number of hydrogen-bond donors (Lipinski definition) is 6. The first kappa shape index (κ1) is 16.0. The van der Waals surface area contributed by atoms with Crippen LogP contribution in [0.25, 0.3) is 0 Å². The molecule has 0 saturated carbocycles. The first-order valence-corrected chi connectivity index (χ1v) is 7.35. The third-order valence-corrected chi connectivity index (χ3v) is 4.04. The van der Waals surface area contributed by atoms with Gasteiger partial charge in [0.15, 0.2) is 6.23 Å². The third kappa shape index (κ3) is 2.85. The number of rotatable bonds is 3. The van der Waals surface area contributed by atoms with Crippen LogP contribution in [0, 0.1) is 0 Å². The molecule has 0 bridgehead atoms. The minimum Gasteiger partial charge on any atom is -0.394 e. The van der Waals surface area contributed by atoms with Gasteiger partial charge in [0.05, 0.1) is 6.61 Å². The molecule has 2 unspecified atom stereocenters. The van der Waals surface area contributed by atoms with Crippen LogP contribution in [0.15, 0.2) is 11.0 Å². The summed E-state index contributed by atoms with van der Waals surface area (Å²) in [5.41, 5.74) is 4.25. The minimum absolute atomic E-state index is 0.605. The van der Waals surface area contributed by atoms with E-state index < -0.39 is 55.6 Å². The van der Waals surface area contributed by atoms with Crippen molar-refractivity contribution in [2.75, 3.05) is 12.3 Å². The van der Waals surface area contributed by atoms with E-state index in [1.54, 1.807) is 0 Å². The van der Waals surface area contributed by atoms with E-state index >= 15 is 0 Å². The van der Waals surface area contributed by atoms with Gasteiger partial charge in [-0.3, -0.25) is 9.13 Å². The Hall–Kier alpha value is -1.33. The fourth-order valence-electron chi connectivity index (χ4n) is 1.99. The average Bonchev–Trinajstić information content (AvgIpc) is 2.65. The van der Waals surface area contributed by atoms with Gasteiger partial charge in [-0.15, -0.1) is 0 Å². The van der Waals surface area contributed by atoms with Crippen molar-refractivity contribution in [1.82, 2.24) is 9.55 Å². The molecule has 21 heavy (non-hydrogen) atoms. The summed E-state index contributed by atoms with van der Waals surface area (Å²) in [4.78, 5) is 33.2. The van der Waals surface area contributed by atoms with Crippen molar-refractivity contribution in [1.29, 1.82) is 0 Å². The zero-order valence-electron chi connectivity index (χ0n) is 10.5. The number of aliphatic hydroxyl groups is 3. The molecule has 0 spiro atoms. The van der Waals surface area contributed by atoms with Crippen LogP contribution < -0.4 is 16.7 Å². The predicted octanol–water partition coefficient (Wildman–Crippen LogP) is -3.76. The fraction of sp³-hybridized carbons (Fsp3) is 0.556. The highest BCUT2D eigenvalue weighted by molar-refractivity contribution is 7.60. The number of hydrogen-bond acceptors (Lipinski definition) is 8. The molecule has 1 aromatic heterocycles. The zero-order valence-corrected chi connectivity index (χ0v) is 11.4. The van der Waals surface area contributed by atoms with Gasteiger partial charge in [-0.2, -0.15) is 4.98 Å². The van der Waals surface area contributed by atoms with Gasteiger partial charge in [0.2, 0.25) is 0 Å². The standard InChI is InChI=1S/C9H14N3O8P/c10-7-4(21(17,18)19)1-12(9(16)11-7)8-6(15)5(14)3(2-13)20-8/h1,3,5-6,8,13-15H,2H2,(H2,10,11,16)(H2,17,18,19)/t3-,5?,6?,8-/m1/s1. The average molecular weight is 323 g/mol. The summed E-state index contributed by atoms with van der Waals surface area (Å²) in [5, 5.41) is 27.7. The molecule has 12 heteroatoms. The molecule has 11 nitrogen and oxygen atoms in total. The monoisotopic (exact) mass is 323 g/mol. The molecule has 0 aliphatic carbocycles. The molecule has 1 saturated heterocycles. The first-order chi connectivity index (χ1) is 9.66. The van der Waals surface area contributed by atoms with E-state index in [2.05, 4.69) is 4.98 Å². The van der Waals surface area contributed by atoms with Crippen LogP contribution >= 0.6 is 7.60 Å². The van der Waals surface area contributed by atoms with E-state index in [0.29, 0.717) is 10.8 Å². The molecule has 7 N–H and O–H groups in total. The number of nitrogens with zero attached hydrogens (tertiary/aromatic N) is 2. The smallest absolute Gasteiger partial charge is 0.361 e. The number of nitrogens with two attached hydrogens (primary N) is 1. The van der Waals surface area contributed by atoms with Crippen LogP contribution in [0.2, 0.25) is 0 Å². The summed E-state index contributed by atoms with van der Waals surface area (Å²) in [6, 6.07) is 0. The maximum absolute atomic E-state index is 11.7. The second-order valence-corrected chi connectivity index (χ2v) is 6.04. The summed E-state index contributed by atoms with van der Waals surface area (Å²) in [5.74, 6) is -0.642. The fourth-order valence-corrected chi connectivity index (χ4v) is 2.61. The predicted molar refractivity (Wildman–Crippen MR) is 67.6 cm³/mol. The van der Waals surface area contributed by atoms with E-state index in [9.17, 15) is 19.6 Å². The number of aromatic nitrogens is 2. The van der Waals surface area contributed by atoms with E-state index in [1.165, 1.54) is 0 Å². The Morgan fingerprint density at radius 2 is 2.00 bits per heavy atom. The van der Waals surface area contributed by atoms with Crippen molar-refractivity contribution in [3.8, 4) is 0 Å². The molecule has 1 aromatic rings. The van der Waals surface area contributed by atoms with Crippen LogP contribution in [0.5, 0.6) is 0 Å². The maximum Gasteiger partial charge on any atom is 0.361 e. The molecule has 0 amide bonds. The maximum atomic E-state index is 11.7. The molecule has 1 aliphatic heterocycles. The lowest BCUT2D eigenvalue weighted by Gasteiger charge is -2.18. The molecular formula is C9H14N3O8P. The molecule has 4 atom stereocenters. The Morgan fingerprint density at radius 3 is 2.48 bits per heavy atom. The Balaban J connectivity index is 2.50. The lowest BCUT2D eigenvalue weighted by atomic mass is 10.1. The van der Waals surface area contributed by atoms with Gasteiger partial charge in [-0.25, -0.2) is 4.79 Å². The Labute approximate surface area is 117 Å². The van der Waals surface area contributed by atoms with Crippen LogP contribution in [0.1, 0.15) is 6.23 Å². The lowest BCUT2D eigenvalue weighted by molar-refractivity contribution is -0.0548. The van der Waals surface area contributed by atoms with E-state index in [4.69, 9.17) is 25.4 Å². The van der Waals surface area contributed by atoms with Crippen LogP contribution in [0.4, 0.5) is 5.82 Å². The van der Waals surface area contributed by atoms with Gasteiger partial charge < -0.3 is 35.6 Å². The Bertz CT molecular complexity index is 642. The lowest BCUT2D eigenvalue weighted by Crippen LogP contribution is -2.38. The molecule has 0 aromatic carbocycles. The Morgan fingerprint density at radius 1 is 1.38 bits per heavy atom. The van der Waals surface area contributed by atoms with Crippen LogP contribution in [-0.4, -0.2) is 59.6 Å². The van der Waals surface area contributed by atoms with Crippen LogP contribution in [0.3, 0.4) is 0 Å². The number of anilines is 1. The highest BCUT2D eigenvalue weighted by Gasteiger charge is 2.44. The molecule has 2 heterocycles. The summed E-state index contributed by atoms with van der Waals surface area (Å²) in [7, 11) is -4.80. The summed E-state index contributed by atoms with van der Waals surface area (Å²) in [6.45, 7) is -0.614. The van der Waals surface area contributed by atoms with Gasteiger partial charge in [-0.05, 0) is 0 Å². The van der Waals surface area contributed by atoms with E-state index in [0.717, 1.165) is 0 Å². The minimum atomic E-state index is -4.80. The molecule has 1 fully saturated rings. The SMILES string of the molecule is Nc1nc(=O)n([C@@H]2O[C@H](CO)C(O)C2O)cc1P(=O)(O)O. The highest BCUT2D eigenvalue weighted by Crippen LogP contribution is 2.35. The third-order valence-electron chi connectivity index (χ3n) is 3.07. The molecule has 1 aliphatic rings. The summed E-state index contributed by atoms with van der Waals surface area (Å²) < 4.78 is 17.0. The topological polar surface area (TPSA) is 188 Å². The van der Waals surface area contributed by atoms with Crippen molar-refractivity contribution < 1.29 is 34.4 Å². The van der Waals surface area contributed by atoms with E-state index in [-0.39, 0.29) is 0 Å².